The van der Waals surface area contributed by atoms with Crippen LogP contribution in [0.4, 0.5) is 4.79 Å². The van der Waals surface area contributed by atoms with Crippen LogP contribution in [0.3, 0.4) is 0 Å². The molecule has 200 valence electrons. The third-order valence-electron chi connectivity index (χ3n) is 6.32. The first-order valence-electron chi connectivity index (χ1n) is 12.4. The summed E-state index contributed by atoms with van der Waals surface area (Å²) in [7, 11) is 0. The minimum absolute atomic E-state index is 0.0767. The molecule has 10 heteroatoms. The number of ether oxygens (including phenoxy) is 1. The summed E-state index contributed by atoms with van der Waals surface area (Å²) in [6.07, 6.45) is 0.906. The number of benzene rings is 1. The van der Waals surface area contributed by atoms with Gasteiger partial charge in [0.15, 0.2) is 0 Å². The number of carbonyl (C=O) groups excluding carboxylic acids is 3. The third-order valence-corrected chi connectivity index (χ3v) is 6.32. The maximum Gasteiger partial charge on any atom is 0.408 e. The van der Waals surface area contributed by atoms with Crippen LogP contribution in [0.15, 0.2) is 24.3 Å². The second-order valence-electron chi connectivity index (χ2n) is 10.4. The molecule has 0 saturated carbocycles. The van der Waals surface area contributed by atoms with Crippen LogP contribution in [-0.4, -0.2) is 69.8 Å². The van der Waals surface area contributed by atoms with Gasteiger partial charge in [0.05, 0.1) is 0 Å². The molecule has 1 saturated heterocycles. The summed E-state index contributed by atoms with van der Waals surface area (Å²) < 4.78 is 5.32. The lowest BCUT2D eigenvalue weighted by atomic mass is 9.92. The number of hydrogen-bond donors (Lipinski definition) is 4. The minimum Gasteiger partial charge on any atom is -0.508 e. The Morgan fingerprint density at radius 1 is 1.08 bits per heavy atom. The number of carboxylic acid groups (broad SMARTS) is 1. The molecule has 0 unspecified atom stereocenters. The Morgan fingerprint density at radius 2 is 1.67 bits per heavy atom. The van der Waals surface area contributed by atoms with Crippen molar-refractivity contribution in [3.8, 4) is 5.75 Å². The molecular weight excluding hydrogens is 466 g/mol. The van der Waals surface area contributed by atoms with Gasteiger partial charge >= 0.3 is 12.1 Å². The van der Waals surface area contributed by atoms with Gasteiger partial charge < -0.3 is 30.5 Å². The zero-order valence-corrected chi connectivity index (χ0v) is 21.7. The standard InChI is InChI=1S/C26H39N3O7/c1-6-16(2)21(28-25(35)36-26(3,4)5)23(32)29-13-11-18(12-14-29)22(31)27-20(24(33)34)15-17-7-9-19(30)10-8-17/h7-10,16,18,20-21,30H,6,11-15H2,1-5H3,(H,27,31)(H,28,35)(H,33,34)/t16-,20+,21+/m1/s1. The van der Waals surface area contributed by atoms with Crippen molar-refractivity contribution in [3.05, 3.63) is 29.8 Å². The number of amides is 3. The fourth-order valence-electron chi connectivity index (χ4n) is 4.03. The van der Waals surface area contributed by atoms with Gasteiger partial charge in [-0.05, 0) is 57.2 Å². The van der Waals surface area contributed by atoms with E-state index in [1.807, 2.05) is 13.8 Å². The number of phenolic OH excluding ortho intramolecular Hbond substituents is 1. The molecule has 3 atom stereocenters. The molecule has 0 aliphatic carbocycles. The second kappa shape index (κ2) is 12.6. The van der Waals surface area contributed by atoms with Crippen molar-refractivity contribution < 1.29 is 34.1 Å². The predicted octanol–water partition coefficient (Wildman–Crippen LogP) is 2.68. The normalized spacial score (nSPS) is 17.0. The van der Waals surface area contributed by atoms with Crippen LogP contribution in [-0.2, 0) is 25.5 Å². The Morgan fingerprint density at radius 3 is 2.17 bits per heavy atom. The lowest BCUT2D eigenvalue weighted by Gasteiger charge is -2.35. The Hall–Kier alpha value is -3.30. The van der Waals surface area contributed by atoms with E-state index in [0.29, 0.717) is 37.9 Å². The molecule has 0 radical (unpaired) electrons. The van der Waals surface area contributed by atoms with Crippen molar-refractivity contribution in [2.75, 3.05) is 13.1 Å². The number of alkyl carbamates (subject to hydrolysis) is 1. The van der Waals surface area contributed by atoms with Crippen LogP contribution >= 0.6 is 0 Å². The first-order chi connectivity index (χ1) is 16.8. The fraction of sp³-hybridized carbons (Fsp3) is 0.615. The molecule has 0 spiro atoms. The summed E-state index contributed by atoms with van der Waals surface area (Å²) in [5.41, 5.74) is -0.0101. The lowest BCUT2D eigenvalue weighted by molar-refractivity contribution is -0.143. The number of nitrogens with one attached hydrogen (secondary N) is 2. The quantitative estimate of drug-likeness (QED) is 0.404. The zero-order valence-electron chi connectivity index (χ0n) is 21.7. The number of likely N-dealkylation sites (tertiary alicyclic amines) is 1. The predicted molar refractivity (Wildman–Crippen MR) is 133 cm³/mol. The van der Waals surface area contributed by atoms with Gasteiger partial charge in [-0.25, -0.2) is 9.59 Å². The molecule has 1 aliphatic rings. The van der Waals surface area contributed by atoms with Gasteiger partial charge in [0.2, 0.25) is 11.8 Å². The van der Waals surface area contributed by atoms with E-state index in [0.717, 1.165) is 0 Å². The van der Waals surface area contributed by atoms with Gasteiger partial charge in [0, 0.05) is 25.4 Å². The van der Waals surface area contributed by atoms with Crippen LogP contribution in [0, 0.1) is 11.8 Å². The Labute approximate surface area is 212 Å². The van der Waals surface area contributed by atoms with Crippen LogP contribution in [0.25, 0.3) is 0 Å². The van der Waals surface area contributed by atoms with E-state index in [9.17, 15) is 29.4 Å². The molecule has 1 aliphatic heterocycles. The first-order valence-corrected chi connectivity index (χ1v) is 12.4. The molecule has 36 heavy (non-hydrogen) atoms. The molecule has 10 nitrogen and oxygen atoms in total. The van der Waals surface area contributed by atoms with E-state index in [1.54, 1.807) is 37.8 Å². The Bertz CT molecular complexity index is 918. The average Bonchev–Trinajstić information content (AvgIpc) is 2.81. The van der Waals surface area contributed by atoms with Crippen molar-refractivity contribution in [1.82, 2.24) is 15.5 Å². The molecule has 1 aromatic rings. The molecule has 1 heterocycles. The second-order valence-corrected chi connectivity index (χ2v) is 10.4. The van der Waals surface area contributed by atoms with Gasteiger partial charge in [0.1, 0.15) is 23.4 Å². The van der Waals surface area contributed by atoms with Gasteiger partial charge in [0.25, 0.3) is 0 Å². The van der Waals surface area contributed by atoms with E-state index >= 15 is 0 Å². The summed E-state index contributed by atoms with van der Waals surface area (Å²) in [5, 5.41) is 24.3. The van der Waals surface area contributed by atoms with Crippen molar-refractivity contribution in [3.63, 3.8) is 0 Å². The first kappa shape index (κ1) is 28.9. The maximum absolute atomic E-state index is 13.2. The number of nitrogens with zero attached hydrogens (tertiary/aromatic N) is 1. The van der Waals surface area contributed by atoms with Crippen molar-refractivity contribution in [2.24, 2.45) is 11.8 Å². The van der Waals surface area contributed by atoms with Crippen molar-refractivity contribution in [2.45, 2.75) is 78.0 Å². The largest absolute Gasteiger partial charge is 0.508 e. The lowest BCUT2D eigenvalue weighted by Crippen LogP contribution is -2.55. The SMILES string of the molecule is CC[C@@H](C)[C@H](NC(=O)OC(C)(C)C)C(=O)N1CCC(C(=O)N[C@@H](Cc2ccc(O)cc2)C(=O)O)CC1. The fourth-order valence-corrected chi connectivity index (χ4v) is 4.03. The van der Waals surface area contributed by atoms with E-state index in [1.165, 1.54) is 12.1 Å². The number of carboxylic acids is 1. The summed E-state index contributed by atoms with van der Waals surface area (Å²) in [6, 6.07) is 4.31. The van der Waals surface area contributed by atoms with E-state index in [4.69, 9.17) is 4.74 Å². The third kappa shape index (κ3) is 8.73. The highest BCUT2D eigenvalue weighted by Crippen LogP contribution is 2.21. The number of phenols is 1. The van der Waals surface area contributed by atoms with Crippen molar-refractivity contribution >= 4 is 23.9 Å². The average molecular weight is 506 g/mol. The van der Waals surface area contributed by atoms with Gasteiger partial charge in [-0.15, -0.1) is 0 Å². The van der Waals surface area contributed by atoms with Gasteiger partial charge in [-0.3, -0.25) is 9.59 Å². The zero-order chi connectivity index (χ0) is 27.0. The topological polar surface area (TPSA) is 145 Å². The van der Waals surface area contributed by atoms with Crippen LogP contribution in [0.5, 0.6) is 5.75 Å². The molecule has 4 N–H and O–H groups in total. The van der Waals surface area contributed by atoms with E-state index in [-0.39, 0.29) is 29.9 Å². The number of piperidine rings is 1. The summed E-state index contributed by atoms with van der Waals surface area (Å²) in [4.78, 5) is 51.7. The highest BCUT2D eigenvalue weighted by molar-refractivity contribution is 5.87. The summed E-state index contributed by atoms with van der Waals surface area (Å²) in [5.74, 6) is -2.18. The number of carbonyl (C=O) groups is 4. The van der Waals surface area contributed by atoms with E-state index < -0.39 is 35.7 Å². The smallest absolute Gasteiger partial charge is 0.408 e. The summed E-state index contributed by atoms with van der Waals surface area (Å²) >= 11 is 0. The highest BCUT2D eigenvalue weighted by atomic mass is 16.6. The van der Waals surface area contributed by atoms with Gasteiger partial charge in [-0.2, -0.15) is 0 Å². The number of rotatable bonds is 9. The van der Waals surface area contributed by atoms with Crippen LogP contribution in [0.1, 0.15) is 59.4 Å². The molecular formula is C26H39N3O7. The molecule has 3 amide bonds. The number of hydrogen-bond acceptors (Lipinski definition) is 6. The summed E-state index contributed by atoms with van der Waals surface area (Å²) in [6.45, 7) is 9.74. The van der Waals surface area contributed by atoms with Gasteiger partial charge in [-0.1, -0.05) is 32.4 Å². The maximum atomic E-state index is 13.2. The Balaban J connectivity index is 1.95. The number of aromatic hydroxyl groups is 1. The Kier molecular flexibility index (Phi) is 10.1. The van der Waals surface area contributed by atoms with Crippen LogP contribution < -0.4 is 10.6 Å². The molecule has 1 aromatic carbocycles. The molecule has 1 fully saturated rings. The minimum atomic E-state index is -1.14. The van der Waals surface area contributed by atoms with Crippen LogP contribution in [0.2, 0.25) is 0 Å². The number of aliphatic carboxylic acids is 1. The molecule has 0 bridgehead atoms. The monoisotopic (exact) mass is 505 g/mol. The molecule has 0 aromatic heterocycles. The highest BCUT2D eigenvalue weighted by Gasteiger charge is 2.35. The van der Waals surface area contributed by atoms with Crippen molar-refractivity contribution in [1.29, 1.82) is 0 Å². The van der Waals surface area contributed by atoms with E-state index in [2.05, 4.69) is 10.6 Å². The molecule has 2 rings (SSSR count).